The summed E-state index contributed by atoms with van der Waals surface area (Å²) in [6.07, 6.45) is 1.80. The normalized spacial score (nSPS) is 11.8. The van der Waals surface area contributed by atoms with Gasteiger partial charge in [-0.2, -0.15) is 0 Å². The van der Waals surface area contributed by atoms with Crippen LogP contribution in [0.5, 0.6) is 11.5 Å². The van der Waals surface area contributed by atoms with Gasteiger partial charge in [-0.05, 0) is 70.9 Å². The molecule has 35 heavy (non-hydrogen) atoms. The number of rotatable bonds is 7. The van der Waals surface area contributed by atoms with Crippen molar-refractivity contribution >= 4 is 60.9 Å². The van der Waals surface area contributed by atoms with Gasteiger partial charge in [0.25, 0.3) is 11.5 Å². The minimum absolute atomic E-state index is 0.120. The smallest absolute Gasteiger partial charge is 0.274 e. The fourth-order valence-electron chi connectivity index (χ4n) is 3.69. The number of fused-ring (bicyclic) bond motifs is 3. The first kappa shape index (κ1) is 23.1. The Morgan fingerprint density at radius 3 is 2.69 bits per heavy atom. The number of anilines is 1. The van der Waals surface area contributed by atoms with Gasteiger partial charge in [0.1, 0.15) is 0 Å². The molecular weight excluding hydrogens is 530 g/mol. The van der Waals surface area contributed by atoms with E-state index in [1.54, 1.807) is 28.7 Å². The molecule has 0 aliphatic heterocycles. The van der Waals surface area contributed by atoms with Crippen molar-refractivity contribution in [2.45, 2.75) is 6.92 Å². The van der Waals surface area contributed by atoms with Crippen molar-refractivity contribution in [3.8, 4) is 11.5 Å². The van der Waals surface area contributed by atoms with E-state index in [0.29, 0.717) is 37.8 Å². The molecule has 0 atom stereocenters. The SMILES string of the molecule is CCOc1cc(/C=c2\sc3nc4ccccc4n3c2=O)cc(Br)c1OCC(=O)Nc1ccccc1. The van der Waals surface area contributed by atoms with Crippen LogP contribution in [0.1, 0.15) is 12.5 Å². The molecule has 0 fully saturated rings. The number of nitrogens with zero attached hydrogens (tertiary/aromatic N) is 2. The van der Waals surface area contributed by atoms with Gasteiger partial charge in [-0.1, -0.05) is 41.7 Å². The van der Waals surface area contributed by atoms with Gasteiger partial charge in [0.2, 0.25) is 0 Å². The predicted molar refractivity (Wildman–Crippen MR) is 142 cm³/mol. The topological polar surface area (TPSA) is 81.9 Å². The number of hydrogen-bond acceptors (Lipinski definition) is 6. The van der Waals surface area contributed by atoms with E-state index in [2.05, 4.69) is 26.2 Å². The molecule has 1 N–H and O–H groups in total. The molecule has 0 unspecified atom stereocenters. The van der Waals surface area contributed by atoms with Crippen LogP contribution in [0.4, 0.5) is 5.69 Å². The Labute approximate surface area is 212 Å². The molecule has 3 aromatic carbocycles. The number of benzene rings is 3. The first-order valence-corrected chi connectivity index (χ1v) is 12.5. The molecule has 0 saturated carbocycles. The van der Waals surface area contributed by atoms with Crippen LogP contribution in [0.3, 0.4) is 0 Å². The monoisotopic (exact) mass is 549 g/mol. The van der Waals surface area contributed by atoms with E-state index >= 15 is 0 Å². The second kappa shape index (κ2) is 9.89. The van der Waals surface area contributed by atoms with Gasteiger partial charge >= 0.3 is 0 Å². The number of carbonyl (C=O) groups is 1. The molecule has 1 amide bonds. The first-order valence-electron chi connectivity index (χ1n) is 10.9. The molecule has 176 valence electrons. The molecule has 0 aliphatic carbocycles. The predicted octanol–water partition coefficient (Wildman–Crippen LogP) is 4.64. The van der Waals surface area contributed by atoms with Gasteiger partial charge < -0.3 is 14.8 Å². The molecular formula is C26H20BrN3O4S. The van der Waals surface area contributed by atoms with Gasteiger partial charge in [0.05, 0.1) is 26.6 Å². The number of hydrogen-bond donors (Lipinski definition) is 1. The van der Waals surface area contributed by atoms with Gasteiger partial charge in [-0.15, -0.1) is 0 Å². The summed E-state index contributed by atoms with van der Waals surface area (Å²) in [6, 6.07) is 20.4. The molecule has 5 rings (SSSR count). The number of ether oxygens (including phenoxy) is 2. The van der Waals surface area contributed by atoms with Crippen LogP contribution in [0.15, 0.2) is 76.0 Å². The summed E-state index contributed by atoms with van der Waals surface area (Å²) in [5.74, 6) is 0.604. The third-order valence-corrected chi connectivity index (χ3v) is 6.74. The number of imidazole rings is 1. The maximum absolute atomic E-state index is 13.1. The molecule has 2 heterocycles. The number of amides is 1. The Kier molecular flexibility index (Phi) is 6.52. The average molecular weight is 550 g/mol. The quantitative estimate of drug-likeness (QED) is 0.320. The number of nitrogens with one attached hydrogen (secondary N) is 1. The van der Waals surface area contributed by atoms with Crippen molar-refractivity contribution in [2.24, 2.45) is 0 Å². The minimum Gasteiger partial charge on any atom is -0.490 e. The second-order valence-corrected chi connectivity index (χ2v) is 9.46. The lowest BCUT2D eigenvalue weighted by molar-refractivity contribution is -0.118. The highest BCUT2D eigenvalue weighted by Crippen LogP contribution is 2.37. The molecule has 0 radical (unpaired) electrons. The van der Waals surface area contributed by atoms with Crippen LogP contribution in [0, 0.1) is 0 Å². The summed E-state index contributed by atoms with van der Waals surface area (Å²) < 4.78 is 14.4. The van der Waals surface area contributed by atoms with Crippen molar-refractivity contribution in [2.75, 3.05) is 18.5 Å². The van der Waals surface area contributed by atoms with Crippen molar-refractivity contribution < 1.29 is 14.3 Å². The minimum atomic E-state index is -0.286. The zero-order valence-corrected chi connectivity index (χ0v) is 21.1. The maximum atomic E-state index is 13.1. The zero-order valence-electron chi connectivity index (χ0n) is 18.7. The van der Waals surface area contributed by atoms with Crippen LogP contribution in [-0.2, 0) is 4.79 Å². The molecule has 0 spiro atoms. The van der Waals surface area contributed by atoms with Crippen molar-refractivity contribution in [1.82, 2.24) is 9.38 Å². The number of thiazole rings is 1. The van der Waals surface area contributed by atoms with E-state index in [4.69, 9.17) is 9.47 Å². The molecule has 0 aliphatic rings. The zero-order chi connectivity index (χ0) is 24.4. The van der Waals surface area contributed by atoms with Crippen LogP contribution >= 0.6 is 27.3 Å². The highest BCUT2D eigenvalue weighted by molar-refractivity contribution is 9.10. The largest absolute Gasteiger partial charge is 0.490 e. The summed E-state index contributed by atoms with van der Waals surface area (Å²) in [5, 5.41) is 2.79. The number of carbonyl (C=O) groups excluding carboxylic acids is 1. The van der Waals surface area contributed by atoms with Crippen LogP contribution in [0.25, 0.3) is 22.1 Å². The van der Waals surface area contributed by atoms with E-state index in [9.17, 15) is 9.59 Å². The van der Waals surface area contributed by atoms with Crippen molar-refractivity contribution in [3.63, 3.8) is 0 Å². The van der Waals surface area contributed by atoms with Crippen LogP contribution in [-0.4, -0.2) is 28.5 Å². The number of halogens is 1. The van der Waals surface area contributed by atoms with Crippen LogP contribution in [0.2, 0.25) is 0 Å². The lowest BCUT2D eigenvalue weighted by Crippen LogP contribution is -2.22. The van der Waals surface area contributed by atoms with E-state index < -0.39 is 0 Å². The lowest BCUT2D eigenvalue weighted by Gasteiger charge is -2.14. The van der Waals surface area contributed by atoms with Gasteiger partial charge in [-0.3, -0.25) is 9.59 Å². The Morgan fingerprint density at radius 2 is 1.89 bits per heavy atom. The molecule has 2 aromatic heterocycles. The standard InChI is InChI=1S/C26H20BrN3O4S/c1-2-33-21-13-16(12-18(27)24(21)34-15-23(31)28-17-8-4-3-5-9-17)14-22-25(32)30-20-11-7-6-10-19(20)29-26(30)35-22/h3-14H,2,15H2,1H3,(H,28,31)/b22-14-. The Bertz CT molecular complexity index is 1650. The van der Waals surface area contributed by atoms with Gasteiger partial charge in [0.15, 0.2) is 23.1 Å². The molecule has 5 aromatic rings. The van der Waals surface area contributed by atoms with E-state index in [-0.39, 0.29) is 18.1 Å². The van der Waals surface area contributed by atoms with E-state index in [0.717, 1.165) is 16.6 Å². The summed E-state index contributed by atoms with van der Waals surface area (Å²) in [6.45, 7) is 2.09. The maximum Gasteiger partial charge on any atom is 0.274 e. The third kappa shape index (κ3) is 4.78. The fraction of sp³-hybridized carbons (Fsp3) is 0.115. The van der Waals surface area contributed by atoms with Crippen molar-refractivity contribution in [3.05, 3.63) is 91.7 Å². The third-order valence-electron chi connectivity index (χ3n) is 5.18. The number of aromatic nitrogens is 2. The number of para-hydroxylation sites is 3. The van der Waals surface area contributed by atoms with E-state index in [1.165, 1.54) is 11.3 Å². The Hall–Kier alpha value is -3.69. The molecule has 0 saturated heterocycles. The molecule has 9 heteroatoms. The average Bonchev–Trinajstić information content (AvgIpc) is 3.35. The van der Waals surface area contributed by atoms with Crippen LogP contribution < -0.4 is 24.9 Å². The fourth-order valence-corrected chi connectivity index (χ4v) is 5.25. The molecule has 0 bridgehead atoms. The first-order chi connectivity index (χ1) is 17.0. The lowest BCUT2D eigenvalue weighted by atomic mass is 10.2. The summed E-state index contributed by atoms with van der Waals surface area (Å²) >= 11 is 4.86. The highest BCUT2D eigenvalue weighted by Gasteiger charge is 2.15. The summed E-state index contributed by atoms with van der Waals surface area (Å²) in [7, 11) is 0. The summed E-state index contributed by atoms with van der Waals surface area (Å²) in [5.41, 5.74) is 2.91. The van der Waals surface area contributed by atoms with Crippen molar-refractivity contribution in [1.29, 1.82) is 0 Å². The Morgan fingerprint density at radius 1 is 1.11 bits per heavy atom. The molecule has 7 nitrogen and oxygen atoms in total. The van der Waals surface area contributed by atoms with Gasteiger partial charge in [-0.25, -0.2) is 9.38 Å². The van der Waals surface area contributed by atoms with Gasteiger partial charge in [0, 0.05) is 5.69 Å². The second-order valence-electron chi connectivity index (χ2n) is 7.60. The highest BCUT2D eigenvalue weighted by atomic mass is 79.9. The summed E-state index contributed by atoms with van der Waals surface area (Å²) in [4.78, 5) is 30.6. The van der Waals surface area contributed by atoms with E-state index in [1.807, 2.05) is 55.5 Å². The Balaban J connectivity index is 1.44.